The molecule has 0 saturated carbocycles. The number of nitrogens with one attached hydrogen (secondary N) is 1. The molecule has 0 bridgehead atoms. The van der Waals surface area contributed by atoms with Crippen LogP contribution in [-0.4, -0.2) is 47.7 Å². The number of hydrogen-bond donors (Lipinski definition) is 1. The van der Waals surface area contributed by atoms with Gasteiger partial charge in [-0.1, -0.05) is 18.2 Å². The van der Waals surface area contributed by atoms with Crippen LogP contribution in [0, 0.1) is 0 Å². The molecule has 2 aliphatic rings. The fourth-order valence-electron chi connectivity index (χ4n) is 3.73. The quantitative estimate of drug-likeness (QED) is 0.861. The van der Waals surface area contributed by atoms with Crippen LogP contribution in [0.1, 0.15) is 35.7 Å². The molecule has 2 unspecified atom stereocenters. The number of para-hydroxylation sites is 1. The Kier molecular flexibility index (Phi) is 5.01. The second-order valence-corrected chi connectivity index (χ2v) is 7.01. The number of anilines is 2. The van der Waals surface area contributed by atoms with E-state index in [1.807, 2.05) is 18.2 Å². The summed E-state index contributed by atoms with van der Waals surface area (Å²) in [6.07, 6.45) is -1.63. The number of aromatic nitrogens is 2. The molecule has 1 aromatic carbocycles. The van der Waals surface area contributed by atoms with E-state index in [0.717, 1.165) is 17.5 Å². The normalized spacial score (nSPS) is 21.8. The van der Waals surface area contributed by atoms with Crippen LogP contribution in [0.5, 0.6) is 0 Å². The van der Waals surface area contributed by atoms with E-state index in [-0.39, 0.29) is 30.5 Å². The molecule has 2 aliphatic heterocycles. The minimum atomic E-state index is -4.42. The molecule has 1 amide bonds. The van der Waals surface area contributed by atoms with Crippen LogP contribution >= 0.6 is 0 Å². The number of halogens is 3. The minimum Gasteiger partial charge on any atom is -0.376 e. The second kappa shape index (κ2) is 7.46. The van der Waals surface area contributed by atoms with E-state index in [1.165, 1.54) is 6.20 Å². The first-order valence-corrected chi connectivity index (χ1v) is 9.32. The lowest BCUT2D eigenvalue weighted by Gasteiger charge is -2.29. The highest BCUT2D eigenvalue weighted by Crippen LogP contribution is 2.38. The van der Waals surface area contributed by atoms with Gasteiger partial charge in [0.2, 0.25) is 0 Å². The molecule has 1 N–H and O–H groups in total. The molecule has 28 heavy (non-hydrogen) atoms. The van der Waals surface area contributed by atoms with Crippen molar-refractivity contribution in [2.75, 3.05) is 29.9 Å². The molecule has 150 valence electrons. The molecule has 3 heterocycles. The van der Waals surface area contributed by atoms with Gasteiger partial charge in [-0.05, 0) is 31.4 Å². The fraction of sp³-hybridized carbons (Fsp3) is 0.474. The third-order valence-corrected chi connectivity index (χ3v) is 5.13. The van der Waals surface area contributed by atoms with Crippen LogP contribution in [0.3, 0.4) is 0 Å². The molecular weight excluding hydrogens is 373 g/mol. The van der Waals surface area contributed by atoms with Crippen LogP contribution in [0.4, 0.5) is 24.7 Å². The van der Waals surface area contributed by atoms with Gasteiger partial charge in [0.15, 0.2) is 6.04 Å². The zero-order valence-electron chi connectivity index (χ0n) is 15.2. The minimum absolute atomic E-state index is 0.0913. The smallest absolute Gasteiger partial charge is 0.376 e. The number of rotatable bonds is 4. The van der Waals surface area contributed by atoms with Crippen molar-refractivity contribution < 1.29 is 22.7 Å². The number of hydrogen-bond acceptors (Lipinski definition) is 4. The van der Waals surface area contributed by atoms with Gasteiger partial charge in [0.25, 0.3) is 5.91 Å². The SMILES string of the molecule is O=C(c1cnn2c1NCCC2C(F)(F)F)N(CC1CCCO1)c1ccccc1. The molecule has 1 saturated heterocycles. The zero-order chi connectivity index (χ0) is 19.7. The van der Waals surface area contributed by atoms with Crippen molar-refractivity contribution in [2.45, 2.75) is 37.6 Å². The summed E-state index contributed by atoms with van der Waals surface area (Å²) in [4.78, 5) is 14.9. The highest BCUT2D eigenvalue weighted by molar-refractivity contribution is 6.09. The van der Waals surface area contributed by atoms with Crippen LogP contribution < -0.4 is 10.2 Å². The molecule has 1 aromatic heterocycles. The van der Waals surface area contributed by atoms with E-state index in [0.29, 0.717) is 18.8 Å². The number of carbonyl (C=O) groups is 1. The lowest BCUT2D eigenvalue weighted by Crippen LogP contribution is -2.38. The maximum absolute atomic E-state index is 13.3. The van der Waals surface area contributed by atoms with Gasteiger partial charge < -0.3 is 15.0 Å². The topological polar surface area (TPSA) is 59.4 Å². The van der Waals surface area contributed by atoms with E-state index >= 15 is 0 Å². The summed E-state index contributed by atoms with van der Waals surface area (Å²) in [5, 5.41) is 6.80. The van der Waals surface area contributed by atoms with Gasteiger partial charge in [-0.25, -0.2) is 4.68 Å². The molecule has 0 spiro atoms. The largest absolute Gasteiger partial charge is 0.410 e. The fourth-order valence-corrected chi connectivity index (χ4v) is 3.73. The molecule has 4 rings (SSSR count). The molecule has 0 radical (unpaired) electrons. The lowest BCUT2D eigenvalue weighted by atomic mass is 10.1. The maximum atomic E-state index is 13.3. The van der Waals surface area contributed by atoms with Gasteiger partial charge in [-0.15, -0.1) is 0 Å². The molecule has 1 fully saturated rings. The highest BCUT2D eigenvalue weighted by Gasteiger charge is 2.45. The van der Waals surface area contributed by atoms with Gasteiger partial charge in [0, 0.05) is 18.8 Å². The Morgan fingerprint density at radius 3 is 2.75 bits per heavy atom. The van der Waals surface area contributed by atoms with Gasteiger partial charge in [0.1, 0.15) is 11.4 Å². The van der Waals surface area contributed by atoms with Crippen LogP contribution in [0.15, 0.2) is 36.5 Å². The van der Waals surface area contributed by atoms with E-state index in [4.69, 9.17) is 4.74 Å². The Hall–Kier alpha value is -2.55. The standard InChI is InChI=1S/C19H21F3N4O2/c20-19(21,22)16-8-9-23-17-15(11-24-26(16)17)18(27)25(12-14-7-4-10-28-14)13-5-2-1-3-6-13/h1-3,5-6,11,14,16,23H,4,7-10,12H2. The van der Waals surface area contributed by atoms with Crippen molar-refractivity contribution >= 4 is 17.4 Å². The predicted octanol–water partition coefficient (Wildman–Crippen LogP) is 3.63. The van der Waals surface area contributed by atoms with E-state index in [9.17, 15) is 18.0 Å². The Balaban J connectivity index is 1.67. The molecular formula is C19H21F3N4O2. The van der Waals surface area contributed by atoms with Crippen molar-refractivity contribution in [1.29, 1.82) is 0 Å². The maximum Gasteiger partial charge on any atom is 0.410 e. The third-order valence-electron chi connectivity index (χ3n) is 5.13. The molecule has 2 aromatic rings. The summed E-state index contributed by atoms with van der Waals surface area (Å²) in [6, 6.07) is 7.35. The number of carbonyl (C=O) groups excluding carboxylic acids is 1. The number of benzene rings is 1. The Morgan fingerprint density at radius 2 is 2.07 bits per heavy atom. The molecule has 0 aliphatic carbocycles. The Bertz CT molecular complexity index is 831. The summed E-state index contributed by atoms with van der Waals surface area (Å²) < 4.78 is 46.5. The lowest BCUT2D eigenvalue weighted by molar-refractivity contribution is -0.171. The summed E-state index contributed by atoms with van der Waals surface area (Å²) in [6.45, 7) is 1.13. The van der Waals surface area contributed by atoms with E-state index in [2.05, 4.69) is 10.4 Å². The van der Waals surface area contributed by atoms with Gasteiger partial charge >= 0.3 is 6.18 Å². The first-order chi connectivity index (χ1) is 13.4. The number of amides is 1. The van der Waals surface area contributed by atoms with E-state index < -0.39 is 18.1 Å². The Morgan fingerprint density at radius 1 is 1.29 bits per heavy atom. The summed E-state index contributed by atoms with van der Waals surface area (Å²) in [5.74, 6) is -0.273. The first kappa shape index (κ1) is 18.8. The van der Waals surface area contributed by atoms with Gasteiger partial charge in [0.05, 0.1) is 18.8 Å². The van der Waals surface area contributed by atoms with Gasteiger partial charge in [-0.2, -0.15) is 18.3 Å². The average molecular weight is 394 g/mol. The molecule has 2 atom stereocenters. The summed E-state index contributed by atoms with van der Waals surface area (Å²) in [7, 11) is 0. The summed E-state index contributed by atoms with van der Waals surface area (Å²) >= 11 is 0. The van der Waals surface area contributed by atoms with Gasteiger partial charge in [-0.3, -0.25) is 4.79 Å². The molecule has 9 heteroatoms. The molecule has 6 nitrogen and oxygen atoms in total. The predicted molar refractivity (Wildman–Crippen MR) is 97.5 cm³/mol. The first-order valence-electron chi connectivity index (χ1n) is 9.32. The van der Waals surface area contributed by atoms with Crippen molar-refractivity contribution in [3.8, 4) is 0 Å². The number of nitrogens with zero attached hydrogens (tertiary/aromatic N) is 3. The van der Waals surface area contributed by atoms with Crippen LogP contribution in [0.25, 0.3) is 0 Å². The van der Waals surface area contributed by atoms with Crippen molar-refractivity contribution in [2.24, 2.45) is 0 Å². The summed E-state index contributed by atoms with van der Waals surface area (Å²) in [5.41, 5.74) is 0.807. The van der Waals surface area contributed by atoms with E-state index in [1.54, 1.807) is 17.0 Å². The van der Waals surface area contributed by atoms with Crippen molar-refractivity contribution in [3.63, 3.8) is 0 Å². The number of fused-ring (bicyclic) bond motifs is 1. The second-order valence-electron chi connectivity index (χ2n) is 7.01. The highest BCUT2D eigenvalue weighted by atomic mass is 19.4. The van der Waals surface area contributed by atoms with Crippen molar-refractivity contribution in [1.82, 2.24) is 9.78 Å². The average Bonchev–Trinajstić information content (AvgIpc) is 3.35. The monoisotopic (exact) mass is 394 g/mol. The number of alkyl halides is 3. The van der Waals surface area contributed by atoms with Crippen LogP contribution in [0.2, 0.25) is 0 Å². The Labute approximate surface area is 160 Å². The zero-order valence-corrected chi connectivity index (χ0v) is 15.2. The third kappa shape index (κ3) is 3.58. The number of ether oxygens (including phenoxy) is 1. The van der Waals surface area contributed by atoms with Crippen LogP contribution in [-0.2, 0) is 4.74 Å². The van der Waals surface area contributed by atoms with Crippen molar-refractivity contribution in [3.05, 3.63) is 42.1 Å².